The van der Waals surface area contributed by atoms with Crippen LogP contribution in [0.5, 0.6) is 0 Å². The number of rotatable bonds is 18. The summed E-state index contributed by atoms with van der Waals surface area (Å²) in [4.78, 5) is 0. The lowest BCUT2D eigenvalue weighted by Gasteiger charge is -2.31. The summed E-state index contributed by atoms with van der Waals surface area (Å²) >= 11 is 0. The van der Waals surface area contributed by atoms with Gasteiger partial charge < -0.3 is 0 Å². The lowest BCUT2D eigenvalue weighted by Crippen LogP contribution is -2.36. The summed E-state index contributed by atoms with van der Waals surface area (Å²) in [6, 6.07) is 163. The highest BCUT2D eigenvalue weighted by molar-refractivity contribution is 7.86. The highest BCUT2D eigenvalue weighted by Crippen LogP contribution is 2.49. The molecular weight excluding hydrogens is 1410 g/mol. The molecule has 0 aromatic heterocycles. The second-order valence-electron chi connectivity index (χ2n) is 26.2. The largest absolute Gasteiger partial charge is 0.0622 e. The first-order valence-corrected chi connectivity index (χ1v) is 44.5. The van der Waals surface area contributed by atoms with Crippen LogP contribution < -0.4 is 84.9 Å². The summed E-state index contributed by atoms with van der Waals surface area (Å²) in [5, 5.41) is 25.3. The van der Waals surface area contributed by atoms with Crippen molar-refractivity contribution in [2.24, 2.45) is 0 Å². The minimum atomic E-state index is -1.25. The van der Waals surface area contributed by atoms with E-state index in [4.69, 9.17) is 0 Å². The van der Waals surface area contributed by atoms with Crippen molar-refractivity contribution in [3.63, 3.8) is 0 Å². The number of hydrogen-bond acceptors (Lipinski definition) is 0. The van der Waals surface area contributed by atoms with Gasteiger partial charge in [-0.3, -0.25) is 0 Å². The average molecular weight is 1480 g/mol. The third kappa shape index (κ3) is 15.2. The van der Waals surface area contributed by atoms with Gasteiger partial charge in [0.2, 0.25) is 0 Å². The van der Waals surface area contributed by atoms with Crippen molar-refractivity contribution in [2.45, 2.75) is 0 Å². The minimum absolute atomic E-state index is 0.978. The predicted octanol–water partition coefficient (Wildman–Crippen LogP) is 19.2. The Kier molecular flexibility index (Phi) is 21.6. The molecule has 17 aromatic carbocycles. The Balaban J connectivity index is 0.983. The molecule has 0 bridgehead atoms. The Hall–Kier alpha value is -11.0. The summed E-state index contributed by atoms with van der Waals surface area (Å²) in [6.45, 7) is 0. The Morgan fingerprint density at radius 2 is 0.380 bits per heavy atom. The highest BCUT2D eigenvalue weighted by atomic mass is 31.1. The minimum Gasteiger partial charge on any atom is -0.0622 e. The maximum atomic E-state index is 3.91. The standard InChI is InChI=1S/C102H72P6/c1-13-37-83(38-14-1)103(84-39-15-2-16-40-84)71-69-77-61-63-81-75-97(105(87-45-21-5-22-46-87)88-47-23-6-24-48-88)101(107(91-53-29-9-30-54-91)92-55-31-10-32-56-92)99(95(81)73-77)79-65-67-80(68-66-79)100-96-74-78(70-72-104(85-41-17-3-18-42-85)86-43-19-4-20-44-86)62-64-82(96)76-98(106(89-49-25-7-26-50-89)90-51-27-8-28-52-90)102(100)108(93-57-33-11-34-58-93)94-59-35-12-36-60-94/h1-68,73-76H. The van der Waals surface area contributed by atoms with Crippen molar-refractivity contribution >= 4 is 154 Å². The molecule has 0 fully saturated rings. The van der Waals surface area contributed by atoms with Crippen LogP contribution >= 0.6 is 47.5 Å². The van der Waals surface area contributed by atoms with E-state index >= 15 is 0 Å². The van der Waals surface area contributed by atoms with Crippen molar-refractivity contribution in [2.75, 3.05) is 0 Å². The summed E-state index contributed by atoms with van der Waals surface area (Å²) in [5.41, 5.74) is 14.5. The Labute approximate surface area is 642 Å². The molecule has 17 rings (SSSR count). The predicted molar refractivity (Wildman–Crippen MR) is 479 cm³/mol. The molecule has 0 aliphatic heterocycles. The zero-order valence-electron chi connectivity index (χ0n) is 59.3. The topological polar surface area (TPSA) is 0 Å². The third-order valence-electron chi connectivity index (χ3n) is 19.4. The molecule has 0 aliphatic rings. The molecule has 17 aromatic rings. The van der Waals surface area contributed by atoms with Gasteiger partial charge in [0, 0.05) is 37.6 Å². The van der Waals surface area contributed by atoms with Gasteiger partial charge in [0.1, 0.15) is 0 Å². The van der Waals surface area contributed by atoms with Crippen LogP contribution in [0.15, 0.2) is 437 Å². The van der Waals surface area contributed by atoms with E-state index < -0.39 is 47.5 Å². The second-order valence-corrected chi connectivity index (χ2v) is 38.7. The number of hydrogen-bond donors (Lipinski definition) is 0. The fraction of sp³-hybridized carbons (Fsp3) is 0. The molecule has 0 aliphatic carbocycles. The van der Waals surface area contributed by atoms with E-state index in [1.54, 1.807) is 0 Å². The van der Waals surface area contributed by atoms with Gasteiger partial charge in [-0.25, -0.2) is 0 Å². The van der Waals surface area contributed by atoms with Crippen molar-refractivity contribution in [3.05, 3.63) is 448 Å². The monoisotopic (exact) mass is 1480 g/mol. The van der Waals surface area contributed by atoms with Crippen LogP contribution in [0.1, 0.15) is 11.1 Å². The van der Waals surface area contributed by atoms with Crippen LogP contribution in [0, 0.1) is 23.2 Å². The van der Waals surface area contributed by atoms with Gasteiger partial charge in [-0.1, -0.05) is 424 Å². The van der Waals surface area contributed by atoms with Crippen molar-refractivity contribution < 1.29 is 0 Å². The molecule has 0 spiro atoms. The smallest absolute Gasteiger partial charge is 0.0348 e. The summed E-state index contributed by atoms with van der Waals surface area (Å²) in [7, 11) is -6.82. The van der Waals surface area contributed by atoms with Crippen LogP contribution in [0.25, 0.3) is 43.8 Å². The van der Waals surface area contributed by atoms with Gasteiger partial charge in [0.25, 0.3) is 0 Å². The lowest BCUT2D eigenvalue weighted by atomic mass is 9.93. The van der Waals surface area contributed by atoms with Crippen molar-refractivity contribution in [3.8, 4) is 45.4 Å². The summed E-state index contributed by atoms with van der Waals surface area (Å²) < 4.78 is 0. The molecule has 0 nitrogen and oxygen atoms in total. The van der Waals surface area contributed by atoms with Crippen LogP contribution in [0.3, 0.4) is 0 Å². The molecule has 0 radical (unpaired) electrons. The first-order valence-electron chi connectivity index (χ1n) is 36.4. The van der Waals surface area contributed by atoms with E-state index in [-0.39, 0.29) is 0 Å². The third-order valence-corrected chi connectivity index (χ3v) is 33.7. The molecular formula is C102H72P6. The molecule has 0 saturated carbocycles. The van der Waals surface area contributed by atoms with Crippen LogP contribution in [0.4, 0.5) is 0 Å². The van der Waals surface area contributed by atoms with Crippen LogP contribution in [-0.4, -0.2) is 0 Å². The fourth-order valence-electron chi connectivity index (χ4n) is 14.5. The molecule has 0 amide bonds. The van der Waals surface area contributed by atoms with E-state index in [0.717, 1.165) is 22.3 Å². The molecule has 0 heterocycles. The second kappa shape index (κ2) is 33.4. The summed E-state index contributed by atoms with van der Waals surface area (Å²) in [5.74, 6) is 7.72. The molecule has 510 valence electrons. The van der Waals surface area contributed by atoms with E-state index in [9.17, 15) is 0 Å². The molecule has 6 heteroatoms. The fourth-order valence-corrected chi connectivity index (χ4v) is 29.0. The Morgan fingerprint density at radius 1 is 0.176 bits per heavy atom. The van der Waals surface area contributed by atoms with E-state index in [1.807, 2.05) is 0 Å². The Morgan fingerprint density at radius 3 is 0.602 bits per heavy atom. The van der Waals surface area contributed by atoms with Crippen LogP contribution in [-0.2, 0) is 0 Å². The maximum Gasteiger partial charge on any atom is 0.0348 e. The first-order chi connectivity index (χ1) is 53.6. The van der Waals surface area contributed by atoms with Gasteiger partial charge >= 0.3 is 0 Å². The number of fused-ring (bicyclic) bond motifs is 2. The van der Waals surface area contributed by atoms with E-state index in [2.05, 4.69) is 460 Å². The Bertz CT molecular complexity index is 5410. The van der Waals surface area contributed by atoms with Gasteiger partial charge in [0.05, 0.1) is 0 Å². The highest BCUT2D eigenvalue weighted by Gasteiger charge is 2.34. The maximum absolute atomic E-state index is 3.91. The van der Waals surface area contributed by atoms with Crippen LogP contribution in [0.2, 0.25) is 0 Å². The SMILES string of the molecule is C(#CP(c1ccccc1)c1ccccc1)c1ccc2cc(P(c3ccccc3)c3ccccc3)c(P(c3ccccc3)c3ccccc3)c(-c3ccc(-c4c(P(c5ccccc5)c5ccccc5)c(P(c5ccccc5)c5ccccc5)cc5ccc(C#CP(c6ccccc6)c6ccccc6)cc45)cc3)c2c1. The first kappa shape index (κ1) is 70.0. The quantitative estimate of drug-likeness (QED) is 0.0593. The molecule has 0 saturated heterocycles. The normalized spacial score (nSPS) is 11.3. The van der Waals surface area contributed by atoms with E-state index in [1.165, 1.54) is 118 Å². The lowest BCUT2D eigenvalue weighted by molar-refractivity contribution is 1.64. The zero-order valence-corrected chi connectivity index (χ0v) is 64.6. The van der Waals surface area contributed by atoms with Crippen molar-refractivity contribution in [1.82, 2.24) is 0 Å². The van der Waals surface area contributed by atoms with E-state index in [0.29, 0.717) is 0 Å². The molecule has 0 atom stereocenters. The summed E-state index contributed by atoms with van der Waals surface area (Å²) in [6.07, 6.45) is 0. The van der Waals surface area contributed by atoms with Crippen molar-refractivity contribution in [1.29, 1.82) is 0 Å². The van der Waals surface area contributed by atoms with Gasteiger partial charge in [-0.2, -0.15) is 0 Å². The number of benzene rings is 17. The van der Waals surface area contributed by atoms with Gasteiger partial charge in [0.15, 0.2) is 0 Å². The average Bonchev–Trinajstić information content (AvgIpc) is 0.730. The molecule has 0 N–H and O–H groups in total. The molecule has 0 unspecified atom stereocenters. The zero-order chi connectivity index (χ0) is 72.2. The molecule has 108 heavy (non-hydrogen) atoms. The van der Waals surface area contributed by atoms with Gasteiger partial charge in [-0.15, -0.1) is 0 Å². The van der Waals surface area contributed by atoms with Gasteiger partial charge in [-0.05, 0) is 186 Å².